The molecular weight excluding hydrogens is 448 g/mol. The van der Waals surface area contributed by atoms with E-state index >= 15 is 0 Å². The Balaban J connectivity index is 1.19. The lowest BCUT2D eigenvalue weighted by atomic mass is 9.77. The molecule has 2 aliphatic carbocycles. The average molecular weight is 479 g/mol. The van der Waals surface area contributed by atoms with Crippen LogP contribution in [0.3, 0.4) is 0 Å². The lowest BCUT2D eigenvalue weighted by Gasteiger charge is -2.39. The number of carboxylic acids is 1. The summed E-state index contributed by atoms with van der Waals surface area (Å²) in [4.78, 5) is 36.8. The molecule has 184 valence electrons. The summed E-state index contributed by atoms with van der Waals surface area (Å²) in [5, 5.41) is 14.8. The van der Waals surface area contributed by atoms with Gasteiger partial charge >= 0.3 is 12.1 Å². The fourth-order valence-corrected chi connectivity index (χ4v) is 5.42. The summed E-state index contributed by atoms with van der Waals surface area (Å²) in [6.45, 7) is 1.08. The van der Waals surface area contributed by atoms with Crippen molar-refractivity contribution in [2.24, 2.45) is 11.3 Å². The van der Waals surface area contributed by atoms with Gasteiger partial charge in [0.15, 0.2) is 0 Å². The average Bonchev–Trinajstić information content (AvgIpc) is 3.17. The number of fused-ring (bicyclic) bond motifs is 3. The van der Waals surface area contributed by atoms with E-state index in [1.54, 1.807) is 0 Å². The molecule has 0 radical (unpaired) electrons. The quantitative estimate of drug-likeness (QED) is 0.563. The first-order chi connectivity index (χ1) is 17.0. The van der Waals surface area contributed by atoms with Crippen LogP contribution in [0.1, 0.15) is 42.7 Å². The van der Waals surface area contributed by atoms with Gasteiger partial charge in [-0.3, -0.25) is 9.59 Å². The van der Waals surface area contributed by atoms with Gasteiger partial charge in [0.05, 0.1) is 17.9 Å². The van der Waals surface area contributed by atoms with Crippen molar-refractivity contribution in [2.45, 2.75) is 37.6 Å². The summed E-state index contributed by atoms with van der Waals surface area (Å²) < 4.78 is 11.2. The maximum atomic E-state index is 13.1. The van der Waals surface area contributed by atoms with Crippen LogP contribution >= 0.6 is 0 Å². The van der Waals surface area contributed by atoms with Crippen LogP contribution < -0.4 is 10.6 Å². The summed E-state index contributed by atoms with van der Waals surface area (Å²) in [5.41, 5.74) is 3.70. The van der Waals surface area contributed by atoms with Gasteiger partial charge in [0.1, 0.15) is 6.61 Å². The number of amides is 2. The van der Waals surface area contributed by atoms with Crippen LogP contribution in [0.15, 0.2) is 48.5 Å². The first-order valence-electron chi connectivity index (χ1n) is 12.2. The van der Waals surface area contributed by atoms with Crippen molar-refractivity contribution >= 4 is 18.0 Å². The summed E-state index contributed by atoms with van der Waals surface area (Å²) in [7, 11) is 0. The number of carbonyl (C=O) groups is 3. The van der Waals surface area contributed by atoms with Crippen LogP contribution in [0, 0.1) is 11.3 Å². The highest BCUT2D eigenvalue weighted by molar-refractivity contribution is 5.85. The van der Waals surface area contributed by atoms with E-state index in [0.29, 0.717) is 32.3 Å². The van der Waals surface area contributed by atoms with E-state index in [2.05, 4.69) is 34.9 Å². The highest BCUT2D eigenvalue weighted by atomic mass is 16.5. The van der Waals surface area contributed by atoms with Crippen LogP contribution in [0.2, 0.25) is 0 Å². The number of alkyl carbamates (subject to hydrolysis) is 1. The predicted octanol–water partition coefficient (Wildman–Crippen LogP) is 3.30. The largest absolute Gasteiger partial charge is 0.481 e. The molecular formula is C27H30N2O6. The molecule has 1 aliphatic heterocycles. The molecule has 8 heteroatoms. The summed E-state index contributed by atoms with van der Waals surface area (Å²) in [6, 6.07) is 16.1. The zero-order valence-corrected chi connectivity index (χ0v) is 19.5. The van der Waals surface area contributed by atoms with Crippen LogP contribution in [-0.2, 0) is 19.1 Å². The number of aliphatic carboxylic acids is 1. The molecule has 1 heterocycles. The first kappa shape index (κ1) is 23.4. The molecule has 2 aromatic carbocycles. The van der Waals surface area contributed by atoms with E-state index in [1.807, 2.05) is 24.3 Å². The molecule has 3 aliphatic rings. The molecule has 2 amide bonds. The van der Waals surface area contributed by atoms with E-state index in [4.69, 9.17) is 14.6 Å². The highest BCUT2D eigenvalue weighted by Gasteiger charge is 2.44. The molecule has 35 heavy (non-hydrogen) atoms. The molecule has 0 bridgehead atoms. The van der Waals surface area contributed by atoms with Gasteiger partial charge in [-0.25, -0.2) is 4.79 Å². The molecule has 1 atom stereocenters. The van der Waals surface area contributed by atoms with Crippen molar-refractivity contribution in [3.05, 3.63) is 59.7 Å². The molecule has 1 saturated heterocycles. The third-order valence-corrected chi connectivity index (χ3v) is 7.54. The maximum Gasteiger partial charge on any atom is 0.407 e. The zero-order valence-electron chi connectivity index (χ0n) is 19.5. The van der Waals surface area contributed by atoms with Crippen molar-refractivity contribution in [3.63, 3.8) is 0 Å². The summed E-state index contributed by atoms with van der Waals surface area (Å²) in [6.07, 6.45) is 1.58. The number of hydrogen-bond acceptors (Lipinski definition) is 5. The Morgan fingerprint density at radius 1 is 1.03 bits per heavy atom. The smallest absolute Gasteiger partial charge is 0.407 e. The number of ether oxygens (including phenoxy) is 2. The SMILES string of the molecule is O=C(NCC1(C(=O)NC2CC(C(=O)O)C2)CCCOC1)OCC1c2ccccc2-c2ccccc21. The Hall–Kier alpha value is -3.39. The van der Waals surface area contributed by atoms with E-state index in [0.717, 1.165) is 22.3 Å². The van der Waals surface area contributed by atoms with Gasteiger partial charge in [-0.2, -0.15) is 0 Å². The highest BCUT2D eigenvalue weighted by Crippen LogP contribution is 2.44. The fraction of sp³-hybridized carbons (Fsp3) is 0.444. The maximum absolute atomic E-state index is 13.1. The molecule has 2 fully saturated rings. The van der Waals surface area contributed by atoms with Gasteiger partial charge in [-0.1, -0.05) is 48.5 Å². The number of carbonyl (C=O) groups excluding carboxylic acids is 2. The second-order valence-electron chi connectivity index (χ2n) is 9.79. The third kappa shape index (κ3) is 4.62. The Morgan fingerprint density at radius 3 is 2.29 bits per heavy atom. The molecule has 3 N–H and O–H groups in total. The van der Waals surface area contributed by atoms with Gasteiger partial charge in [-0.15, -0.1) is 0 Å². The minimum atomic E-state index is -0.891. The van der Waals surface area contributed by atoms with Gasteiger partial charge in [-0.05, 0) is 47.9 Å². The Bertz CT molecular complexity index is 1070. The molecule has 0 spiro atoms. The molecule has 2 aromatic rings. The molecule has 8 nitrogen and oxygen atoms in total. The van der Waals surface area contributed by atoms with Gasteiger partial charge in [0, 0.05) is 25.1 Å². The van der Waals surface area contributed by atoms with E-state index in [9.17, 15) is 14.4 Å². The number of benzene rings is 2. The normalized spacial score (nSPS) is 25.0. The lowest BCUT2D eigenvalue weighted by Crippen LogP contribution is -2.57. The predicted molar refractivity (Wildman–Crippen MR) is 128 cm³/mol. The Labute approximate surface area is 204 Å². The van der Waals surface area contributed by atoms with Gasteiger partial charge in [0.2, 0.25) is 5.91 Å². The summed E-state index contributed by atoms with van der Waals surface area (Å²) in [5.74, 6) is -1.48. The van der Waals surface area contributed by atoms with Gasteiger partial charge in [0.25, 0.3) is 0 Å². The van der Waals surface area contributed by atoms with Crippen LogP contribution in [0.5, 0.6) is 0 Å². The van der Waals surface area contributed by atoms with E-state index in [1.165, 1.54) is 0 Å². The second kappa shape index (κ2) is 9.70. The minimum absolute atomic E-state index is 0.0378. The molecule has 1 saturated carbocycles. The zero-order chi connectivity index (χ0) is 24.4. The molecule has 0 aromatic heterocycles. The van der Waals surface area contributed by atoms with Crippen LogP contribution in [-0.4, -0.2) is 55.5 Å². The fourth-order valence-electron chi connectivity index (χ4n) is 5.42. The molecule has 5 rings (SSSR count). The minimum Gasteiger partial charge on any atom is -0.481 e. The Morgan fingerprint density at radius 2 is 1.69 bits per heavy atom. The molecule has 1 unspecified atom stereocenters. The number of carboxylic acid groups (broad SMARTS) is 1. The van der Waals surface area contributed by atoms with Crippen molar-refractivity contribution < 1.29 is 29.0 Å². The Kier molecular flexibility index (Phi) is 6.47. The van der Waals surface area contributed by atoms with Crippen LogP contribution in [0.25, 0.3) is 11.1 Å². The van der Waals surface area contributed by atoms with Crippen molar-refractivity contribution in [3.8, 4) is 11.1 Å². The monoisotopic (exact) mass is 478 g/mol. The number of rotatable bonds is 7. The number of nitrogens with one attached hydrogen (secondary N) is 2. The topological polar surface area (TPSA) is 114 Å². The van der Waals surface area contributed by atoms with Crippen LogP contribution in [0.4, 0.5) is 4.79 Å². The standard InChI is InChI=1S/C27H30N2O6/c30-24(31)17-12-18(13-17)29-25(32)27(10-5-11-34-16-27)15-28-26(33)35-14-23-21-8-3-1-6-19(21)20-7-2-4-9-22(20)23/h1-4,6-9,17-18,23H,5,10-16H2,(H,28,33)(H,29,32)(H,30,31). The van der Waals surface area contributed by atoms with E-state index in [-0.39, 0.29) is 37.6 Å². The second-order valence-corrected chi connectivity index (χ2v) is 9.79. The third-order valence-electron chi connectivity index (χ3n) is 7.54. The van der Waals surface area contributed by atoms with Crippen molar-refractivity contribution in [2.75, 3.05) is 26.4 Å². The lowest BCUT2D eigenvalue weighted by molar-refractivity contribution is -0.148. The van der Waals surface area contributed by atoms with E-state index < -0.39 is 23.4 Å². The summed E-state index contributed by atoms with van der Waals surface area (Å²) >= 11 is 0. The number of hydrogen-bond donors (Lipinski definition) is 3. The van der Waals surface area contributed by atoms with Crippen molar-refractivity contribution in [1.82, 2.24) is 10.6 Å². The van der Waals surface area contributed by atoms with Crippen molar-refractivity contribution in [1.29, 1.82) is 0 Å². The van der Waals surface area contributed by atoms with Gasteiger partial charge < -0.3 is 25.2 Å². The first-order valence-corrected chi connectivity index (χ1v) is 12.2.